The molecule has 2 N–H and O–H groups in total. The molecule has 0 aliphatic heterocycles. The second-order valence-corrected chi connectivity index (χ2v) is 5.10. The molecule has 2 aromatic rings. The largest absolute Gasteiger partial charge is 0.529 e. The molecule has 0 spiro atoms. The van der Waals surface area contributed by atoms with Crippen molar-refractivity contribution in [2.75, 3.05) is 0 Å². The summed E-state index contributed by atoms with van der Waals surface area (Å²) in [6.45, 7) is 0.571. The van der Waals surface area contributed by atoms with E-state index in [0.29, 0.717) is 6.54 Å². The summed E-state index contributed by atoms with van der Waals surface area (Å²) in [5.74, 6) is -0.526. The zero-order chi connectivity index (χ0) is 12.8. The Bertz CT molecular complexity index is 502. The van der Waals surface area contributed by atoms with Crippen LogP contribution in [0.2, 0.25) is 0 Å². The van der Waals surface area contributed by atoms with Crippen LogP contribution in [0.3, 0.4) is 0 Å². The Morgan fingerprint density at radius 3 is 2.11 bits per heavy atom. The van der Waals surface area contributed by atoms with Crippen molar-refractivity contribution in [3.63, 3.8) is 0 Å². The molecule has 0 bridgehead atoms. The number of hydrogen-bond donors (Lipinski definition) is 2. The maximum absolute atomic E-state index is 11.4. The average Bonchev–Trinajstić information content (AvgIpc) is 2.41. The minimum Gasteiger partial charge on any atom is -0.263 e. The fourth-order valence-corrected chi connectivity index (χ4v) is 2.44. The number of nitrogens with one attached hydrogen (secondary N) is 1. The molecule has 0 saturated carbocycles. The molecular weight excluding hydrogens is 245 g/mol. The lowest BCUT2D eigenvalue weighted by molar-refractivity contribution is 0.474. The van der Waals surface area contributed by atoms with Gasteiger partial charge >= 0.3 is 8.03 Å². The molecule has 18 heavy (non-hydrogen) atoms. The first-order valence-electron chi connectivity index (χ1n) is 5.75. The molecular formula is C14H15NO2P+. The molecule has 2 rings (SSSR count). The molecule has 0 saturated heterocycles. The van der Waals surface area contributed by atoms with Crippen molar-refractivity contribution in [2.45, 2.75) is 12.3 Å². The van der Waals surface area contributed by atoms with Gasteiger partial charge in [-0.3, -0.25) is 5.32 Å². The van der Waals surface area contributed by atoms with Gasteiger partial charge in [0.1, 0.15) is 0 Å². The Kier molecular flexibility index (Phi) is 4.59. The van der Waals surface area contributed by atoms with Crippen LogP contribution in [-0.2, 0) is 11.1 Å². The van der Waals surface area contributed by atoms with Crippen LogP contribution >= 0.6 is 8.03 Å². The van der Waals surface area contributed by atoms with Gasteiger partial charge in [-0.25, -0.2) is 0 Å². The van der Waals surface area contributed by atoms with E-state index in [1.165, 1.54) is 0 Å². The maximum Gasteiger partial charge on any atom is 0.529 e. The van der Waals surface area contributed by atoms with Crippen LogP contribution in [0.4, 0.5) is 0 Å². The van der Waals surface area contributed by atoms with Crippen molar-refractivity contribution in [1.82, 2.24) is 5.32 Å². The van der Waals surface area contributed by atoms with Crippen molar-refractivity contribution in [1.29, 1.82) is 0 Å². The predicted octanol–water partition coefficient (Wildman–Crippen LogP) is 3.21. The fraction of sp³-hybridized carbons (Fsp3) is 0.143. The quantitative estimate of drug-likeness (QED) is 0.811. The van der Waals surface area contributed by atoms with Crippen LogP contribution in [-0.4, -0.2) is 4.89 Å². The second-order valence-electron chi connectivity index (χ2n) is 3.98. The third-order valence-corrected chi connectivity index (χ3v) is 3.60. The molecule has 1 unspecified atom stereocenters. The van der Waals surface area contributed by atoms with Gasteiger partial charge < -0.3 is 0 Å². The van der Waals surface area contributed by atoms with Gasteiger partial charge in [0, 0.05) is 12.1 Å². The summed E-state index contributed by atoms with van der Waals surface area (Å²) in [5, 5.41) is 3.12. The summed E-state index contributed by atoms with van der Waals surface area (Å²) < 4.78 is 11.4. The lowest BCUT2D eigenvalue weighted by atomic mass is 10.2. The lowest BCUT2D eigenvalue weighted by Gasteiger charge is -2.08. The monoisotopic (exact) mass is 260 g/mol. The average molecular weight is 260 g/mol. The third kappa shape index (κ3) is 3.47. The molecule has 2 atom stereocenters. The first-order valence-corrected chi connectivity index (χ1v) is 7.03. The minimum atomic E-state index is -2.30. The highest BCUT2D eigenvalue weighted by Gasteiger charge is 2.29. The number of hydrogen-bond acceptors (Lipinski definition) is 2. The third-order valence-electron chi connectivity index (χ3n) is 2.68. The van der Waals surface area contributed by atoms with E-state index in [1.807, 2.05) is 60.7 Å². The molecule has 92 valence electrons. The first-order chi connectivity index (χ1) is 8.77. The normalized spacial score (nSPS) is 13.1. The molecule has 4 heteroatoms. The predicted molar refractivity (Wildman–Crippen MR) is 72.3 cm³/mol. The van der Waals surface area contributed by atoms with E-state index in [2.05, 4.69) is 5.32 Å². The Labute approximate surface area is 107 Å². The highest BCUT2D eigenvalue weighted by molar-refractivity contribution is 7.38. The fourth-order valence-electron chi connectivity index (χ4n) is 1.77. The smallest absolute Gasteiger partial charge is 0.263 e. The zero-order valence-corrected chi connectivity index (χ0v) is 10.8. The van der Waals surface area contributed by atoms with Gasteiger partial charge in [0.25, 0.3) is 5.78 Å². The zero-order valence-electron chi connectivity index (χ0n) is 9.86. The minimum absolute atomic E-state index is 0.526. The van der Waals surface area contributed by atoms with Crippen LogP contribution in [0, 0.1) is 0 Å². The highest BCUT2D eigenvalue weighted by Crippen LogP contribution is 2.34. The molecule has 2 aromatic carbocycles. The van der Waals surface area contributed by atoms with Gasteiger partial charge in [0.05, 0.1) is 0 Å². The summed E-state index contributed by atoms with van der Waals surface area (Å²) in [4.78, 5) is 9.39. The first kappa shape index (κ1) is 12.9. The second kappa shape index (κ2) is 6.41. The van der Waals surface area contributed by atoms with Crippen molar-refractivity contribution >= 4 is 8.03 Å². The number of rotatable bonds is 5. The Hall–Kier alpha value is -1.54. The van der Waals surface area contributed by atoms with Crippen molar-refractivity contribution in [2.24, 2.45) is 0 Å². The van der Waals surface area contributed by atoms with E-state index in [-0.39, 0.29) is 0 Å². The van der Waals surface area contributed by atoms with Crippen LogP contribution in [0.5, 0.6) is 0 Å². The van der Waals surface area contributed by atoms with E-state index in [0.717, 1.165) is 11.1 Å². The topological polar surface area (TPSA) is 49.3 Å². The Morgan fingerprint density at radius 2 is 1.56 bits per heavy atom. The Balaban J connectivity index is 2.06. The molecule has 0 aliphatic carbocycles. The summed E-state index contributed by atoms with van der Waals surface area (Å²) in [7, 11) is -2.30. The van der Waals surface area contributed by atoms with Gasteiger partial charge in [-0.05, 0) is 10.1 Å². The molecule has 0 heterocycles. The van der Waals surface area contributed by atoms with E-state index in [1.54, 1.807) is 0 Å². The van der Waals surface area contributed by atoms with E-state index >= 15 is 0 Å². The summed E-state index contributed by atoms with van der Waals surface area (Å²) >= 11 is 0. The van der Waals surface area contributed by atoms with Gasteiger partial charge in [-0.1, -0.05) is 60.7 Å². The summed E-state index contributed by atoms with van der Waals surface area (Å²) in [5.41, 5.74) is 1.92. The standard InChI is InChI=1S/C14H14NO2P/c16-18(17)14(13-9-5-2-6-10-13)15-11-12-7-3-1-4-8-12/h1-10,14-15H,11H2/p+1/t14-/m1/s1. The summed E-state index contributed by atoms with van der Waals surface area (Å²) in [6.07, 6.45) is 0. The van der Waals surface area contributed by atoms with Crippen molar-refractivity contribution in [3.8, 4) is 0 Å². The van der Waals surface area contributed by atoms with E-state index in [9.17, 15) is 9.46 Å². The van der Waals surface area contributed by atoms with Crippen LogP contribution in [0.25, 0.3) is 0 Å². The SMILES string of the molecule is O=[P+](O)[C@@H](NCc1ccccc1)c1ccccc1. The molecule has 3 nitrogen and oxygen atoms in total. The van der Waals surface area contributed by atoms with E-state index < -0.39 is 13.8 Å². The molecule has 0 aromatic heterocycles. The summed E-state index contributed by atoms with van der Waals surface area (Å²) in [6, 6.07) is 19.2. The van der Waals surface area contributed by atoms with E-state index in [4.69, 9.17) is 0 Å². The van der Waals surface area contributed by atoms with Gasteiger partial charge in [0.15, 0.2) is 0 Å². The highest BCUT2D eigenvalue weighted by atomic mass is 31.1. The maximum atomic E-state index is 11.4. The van der Waals surface area contributed by atoms with Crippen LogP contribution in [0.1, 0.15) is 16.9 Å². The Morgan fingerprint density at radius 1 is 1.00 bits per heavy atom. The molecule has 0 fully saturated rings. The molecule has 0 amide bonds. The van der Waals surface area contributed by atoms with Crippen LogP contribution in [0.15, 0.2) is 60.7 Å². The van der Waals surface area contributed by atoms with Crippen molar-refractivity contribution in [3.05, 3.63) is 71.8 Å². The van der Waals surface area contributed by atoms with Crippen molar-refractivity contribution < 1.29 is 9.46 Å². The van der Waals surface area contributed by atoms with Gasteiger partial charge in [-0.15, -0.1) is 0 Å². The molecule has 0 aliphatic rings. The van der Waals surface area contributed by atoms with Gasteiger partial charge in [-0.2, -0.15) is 4.89 Å². The number of benzene rings is 2. The lowest BCUT2D eigenvalue weighted by Crippen LogP contribution is -2.18. The van der Waals surface area contributed by atoms with Gasteiger partial charge in [0.2, 0.25) is 0 Å². The molecule has 0 radical (unpaired) electrons. The van der Waals surface area contributed by atoms with Crippen LogP contribution < -0.4 is 5.32 Å².